The van der Waals surface area contributed by atoms with Gasteiger partial charge in [0.25, 0.3) is 0 Å². The smallest absolute Gasteiger partial charge is 0.138 e. The topological polar surface area (TPSA) is 46.3 Å². The van der Waals surface area contributed by atoms with Gasteiger partial charge in [0.05, 0.1) is 17.1 Å². The third-order valence-electron chi connectivity index (χ3n) is 6.40. The predicted molar refractivity (Wildman–Crippen MR) is 125 cm³/mol. The van der Waals surface area contributed by atoms with E-state index in [2.05, 4.69) is 70.9 Å². The first-order valence-corrected chi connectivity index (χ1v) is 11.1. The summed E-state index contributed by atoms with van der Waals surface area (Å²) in [6, 6.07) is 15.1. The quantitative estimate of drug-likeness (QED) is 0.476. The van der Waals surface area contributed by atoms with Crippen LogP contribution in [0.25, 0.3) is 28.3 Å². The van der Waals surface area contributed by atoms with E-state index in [4.69, 9.17) is 9.97 Å². The third kappa shape index (κ3) is 4.10. The number of hydrogen-bond acceptors (Lipinski definition) is 4. The van der Waals surface area contributed by atoms with Crippen molar-refractivity contribution in [2.45, 2.75) is 33.1 Å². The highest BCUT2D eigenvalue weighted by Gasteiger charge is 2.20. The molecule has 1 saturated heterocycles. The number of pyridine rings is 1. The van der Waals surface area contributed by atoms with E-state index >= 15 is 0 Å². The van der Waals surface area contributed by atoms with Gasteiger partial charge in [-0.15, -0.1) is 0 Å². The maximum absolute atomic E-state index is 5.08. The Balaban J connectivity index is 1.58. The molecule has 1 aliphatic heterocycles. The van der Waals surface area contributed by atoms with Crippen molar-refractivity contribution in [1.29, 1.82) is 0 Å². The summed E-state index contributed by atoms with van der Waals surface area (Å²) < 4.78 is 2.18. The molecule has 0 N–H and O–H groups in total. The lowest BCUT2D eigenvalue weighted by molar-refractivity contribution is 0.219. The summed E-state index contributed by atoms with van der Waals surface area (Å²) in [7, 11) is 2.22. The van der Waals surface area contributed by atoms with Crippen LogP contribution in [-0.2, 0) is 6.42 Å². The largest absolute Gasteiger partial charge is 0.306 e. The summed E-state index contributed by atoms with van der Waals surface area (Å²) in [4.78, 5) is 16.5. The third-order valence-corrected chi connectivity index (χ3v) is 6.40. The molecule has 4 aromatic rings. The van der Waals surface area contributed by atoms with Crippen molar-refractivity contribution in [2.24, 2.45) is 5.92 Å². The van der Waals surface area contributed by atoms with Crippen molar-refractivity contribution < 1.29 is 0 Å². The molecule has 4 heterocycles. The van der Waals surface area contributed by atoms with Crippen molar-refractivity contribution in [1.82, 2.24) is 24.3 Å². The summed E-state index contributed by atoms with van der Waals surface area (Å²) in [6.07, 6.45) is 7.66. The van der Waals surface area contributed by atoms with Gasteiger partial charge in [-0.25, -0.2) is 15.0 Å². The zero-order chi connectivity index (χ0) is 21.4. The fraction of sp³-hybridized carbons (Fsp3) is 0.346. The van der Waals surface area contributed by atoms with E-state index < -0.39 is 0 Å². The molecule has 3 aromatic heterocycles. The molecule has 0 atom stereocenters. The Morgan fingerprint density at radius 3 is 2.48 bits per heavy atom. The van der Waals surface area contributed by atoms with Gasteiger partial charge in [0, 0.05) is 18.0 Å². The van der Waals surface area contributed by atoms with Gasteiger partial charge in [0.15, 0.2) is 0 Å². The number of fused-ring (bicyclic) bond motifs is 1. The summed E-state index contributed by atoms with van der Waals surface area (Å²) in [5.41, 5.74) is 7.59. The molecular weight excluding hydrogens is 382 g/mol. The zero-order valence-corrected chi connectivity index (χ0v) is 18.5. The number of aromatic nitrogens is 4. The standard InChI is InChI=1S/C26H29N5/c1-18-4-6-22(7-5-18)25-26(23-8-12-27-19(2)28-23)31-15-11-21(17-24(31)29-25)16-20-9-13-30(3)14-10-20/h4-8,11-12,15,17,20H,9-10,13-14,16H2,1-3H3. The van der Waals surface area contributed by atoms with E-state index in [0.29, 0.717) is 0 Å². The summed E-state index contributed by atoms with van der Waals surface area (Å²) in [5, 5.41) is 0. The van der Waals surface area contributed by atoms with Crippen LogP contribution in [-0.4, -0.2) is 44.4 Å². The maximum Gasteiger partial charge on any atom is 0.138 e. The molecule has 5 heteroatoms. The van der Waals surface area contributed by atoms with Crippen molar-refractivity contribution >= 4 is 5.65 Å². The van der Waals surface area contributed by atoms with Gasteiger partial charge in [0.1, 0.15) is 11.5 Å². The molecule has 0 spiro atoms. The van der Waals surface area contributed by atoms with E-state index in [1.165, 1.54) is 37.1 Å². The van der Waals surface area contributed by atoms with Crippen LogP contribution in [0.4, 0.5) is 0 Å². The molecular formula is C26H29N5. The molecule has 0 saturated carbocycles. The minimum Gasteiger partial charge on any atom is -0.306 e. The van der Waals surface area contributed by atoms with Gasteiger partial charge >= 0.3 is 0 Å². The molecule has 0 radical (unpaired) electrons. The lowest BCUT2D eigenvalue weighted by atomic mass is 9.91. The number of aryl methyl sites for hydroxylation is 2. The minimum absolute atomic E-state index is 0.758. The lowest BCUT2D eigenvalue weighted by Gasteiger charge is -2.28. The van der Waals surface area contributed by atoms with Crippen molar-refractivity contribution in [3.05, 3.63) is 71.8 Å². The second-order valence-electron chi connectivity index (χ2n) is 8.88. The Kier molecular flexibility index (Phi) is 5.28. The minimum atomic E-state index is 0.758. The number of benzene rings is 1. The van der Waals surface area contributed by atoms with Crippen LogP contribution in [0.2, 0.25) is 0 Å². The Morgan fingerprint density at radius 1 is 0.968 bits per heavy atom. The SMILES string of the molecule is Cc1ccc(-c2nc3cc(CC4CCN(C)CC4)ccn3c2-c2ccnc(C)n2)cc1. The van der Waals surface area contributed by atoms with Gasteiger partial charge in [0.2, 0.25) is 0 Å². The molecule has 5 nitrogen and oxygen atoms in total. The Labute approximate surface area is 183 Å². The van der Waals surface area contributed by atoms with Gasteiger partial charge in [-0.05, 0) is 82.9 Å². The molecule has 31 heavy (non-hydrogen) atoms. The van der Waals surface area contributed by atoms with Crippen LogP contribution < -0.4 is 0 Å². The van der Waals surface area contributed by atoms with Crippen molar-refractivity contribution in [3.63, 3.8) is 0 Å². The molecule has 1 fully saturated rings. The molecule has 0 bridgehead atoms. The van der Waals surface area contributed by atoms with Crippen molar-refractivity contribution in [3.8, 4) is 22.6 Å². The highest BCUT2D eigenvalue weighted by molar-refractivity contribution is 5.80. The average molecular weight is 412 g/mol. The number of nitrogens with zero attached hydrogens (tertiary/aromatic N) is 5. The molecule has 5 rings (SSSR count). The Morgan fingerprint density at radius 2 is 1.74 bits per heavy atom. The molecule has 0 unspecified atom stereocenters. The van der Waals surface area contributed by atoms with Crippen LogP contribution >= 0.6 is 0 Å². The number of rotatable bonds is 4. The molecule has 1 aliphatic rings. The highest BCUT2D eigenvalue weighted by atomic mass is 15.1. The molecule has 0 aliphatic carbocycles. The van der Waals surface area contributed by atoms with E-state index in [0.717, 1.165) is 46.5 Å². The fourth-order valence-electron chi connectivity index (χ4n) is 4.56. The predicted octanol–water partition coefficient (Wildman–Crippen LogP) is 4.96. The monoisotopic (exact) mass is 411 g/mol. The van der Waals surface area contributed by atoms with Crippen molar-refractivity contribution in [2.75, 3.05) is 20.1 Å². The van der Waals surface area contributed by atoms with Gasteiger partial charge in [-0.3, -0.25) is 4.40 Å². The summed E-state index contributed by atoms with van der Waals surface area (Å²) >= 11 is 0. The van der Waals surface area contributed by atoms with E-state index in [1.54, 1.807) is 0 Å². The first-order valence-electron chi connectivity index (χ1n) is 11.1. The number of piperidine rings is 1. The Bertz CT molecular complexity index is 1200. The first-order chi connectivity index (χ1) is 15.1. The van der Waals surface area contributed by atoms with Crippen LogP contribution in [0.15, 0.2) is 54.9 Å². The van der Waals surface area contributed by atoms with E-state index in [9.17, 15) is 0 Å². The summed E-state index contributed by atoms with van der Waals surface area (Å²) in [6.45, 7) is 6.44. The second kappa shape index (κ2) is 8.23. The molecule has 158 valence electrons. The van der Waals surface area contributed by atoms with E-state index in [-0.39, 0.29) is 0 Å². The van der Waals surface area contributed by atoms with Gasteiger partial charge < -0.3 is 4.90 Å². The zero-order valence-electron chi connectivity index (χ0n) is 18.5. The highest BCUT2D eigenvalue weighted by Crippen LogP contribution is 2.32. The van der Waals surface area contributed by atoms with Gasteiger partial charge in [-0.1, -0.05) is 29.8 Å². The number of hydrogen-bond donors (Lipinski definition) is 0. The fourth-order valence-corrected chi connectivity index (χ4v) is 4.56. The first kappa shape index (κ1) is 19.9. The van der Waals surface area contributed by atoms with Crippen LogP contribution in [0.1, 0.15) is 29.8 Å². The molecule has 1 aromatic carbocycles. The average Bonchev–Trinajstić information content (AvgIpc) is 3.14. The summed E-state index contributed by atoms with van der Waals surface area (Å²) in [5.74, 6) is 1.52. The van der Waals surface area contributed by atoms with E-state index in [1.807, 2.05) is 19.2 Å². The van der Waals surface area contributed by atoms with Crippen LogP contribution in [0.3, 0.4) is 0 Å². The molecule has 0 amide bonds. The number of likely N-dealkylation sites (tertiary alicyclic amines) is 1. The van der Waals surface area contributed by atoms with Gasteiger partial charge in [-0.2, -0.15) is 0 Å². The normalized spacial score (nSPS) is 15.6. The van der Waals surface area contributed by atoms with Crippen LogP contribution in [0, 0.1) is 19.8 Å². The Hall–Kier alpha value is -3.05. The maximum atomic E-state index is 5.08. The second-order valence-corrected chi connectivity index (χ2v) is 8.88. The lowest BCUT2D eigenvalue weighted by Crippen LogP contribution is -2.30. The van der Waals surface area contributed by atoms with Crippen LogP contribution in [0.5, 0.6) is 0 Å². The number of imidazole rings is 1.